The minimum absolute atomic E-state index is 0.331. The predicted molar refractivity (Wildman–Crippen MR) is 90.7 cm³/mol. The minimum atomic E-state index is 0.331. The zero-order valence-electron chi connectivity index (χ0n) is 13.6. The van der Waals surface area contributed by atoms with E-state index in [4.69, 9.17) is 10.5 Å². The van der Waals surface area contributed by atoms with Gasteiger partial charge >= 0.3 is 0 Å². The van der Waals surface area contributed by atoms with Crippen LogP contribution in [0.1, 0.15) is 16.8 Å². The van der Waals surface area contributed by atoms with E-state index in [1.807, 2.05) is 24.3 Å². The van der Waals surface area contributed by atoms with Crippen LogP contribution in [0.2, 0.25) is 0 Å². The fourth-order valence-corrected chi connectivity index (χ4v) is 2.60. The second-order valence-electron chi connectivity index (χ2n) is 5.47. The van der Waals surface area contributed by atoms with Gasteiger partial charge in [0.1, 0.15) is 17.1 Å². The van der Waals surface area contributed by atoms with E-state index in [1.165, 1.54) is 11.1 Å². The van der Waals surface area contributed by atoms with Gasteiger partial charge in [-0.25, -0.2) is 4.68 Å². The van der Waals surface area contributed by atoms with Gasteiger partial charge in [0.25, 0.3) is 0 Å². The van der Waals surface area contributed by atoms with Crippen molar-refractivity contribution in [1.29, 1.82) is 0 Å². The molecule has 0 spiro atoms. The summed E-state index contributed by atoms with van der Waals surface area (Å²) in [5.74, 6) is 0.742. The van der Waals surface area contributed by atoms with E-state index in [0.717, 1.165) is 28.4 Å². The molecule has 0 amide bonds. The predicted octanol–water partition coefficient (Wildman–Crippen LogP) is 3.02. The molecule has 0 fully saturated rings. The first-order chi connectivity index (χ1) is 11.2. The maximum Gasteiger partial charge on any atom is 0.144 e. The number of ether oxygens (including phenoxy) is 1. The fraction of sp³-hybridized carbons (Fsp3) is 0.222. The first-order valence-corrected chi connectivity index (χ1v) is 7.51. The molecule has 0 aliphatic heterocycles. The molecule has 0 radical (unpaired) electrons. The van der Waals surface area contributed by atoms with E-state index in [-0.39, 0.29) is 0 Å². The Morgan fingerprint density at radius 1 is 1.09 bits per heavy atom. The van der Waals surface area contributed by atoms with Gasteiger partial charge in [-0.15, -0.1) is 5.10 Å². The summed E-state index contributed by atoms with van der Waals surface area (Å²) < 4.78 is 7.25. The van der Waals surface area contributed by atoms with Crippen LogP contribution in [-0.2, 0) is 6.54 Å². The lowest BCUT2D eigenvalue weighted by molar-refractivity contribution is 0.411. The summed E-state index contributed by atoms with van der Waals surface area (Å²) in [7, 11) is 1.65. The van der Waals surface area contributed by atoms with Crippen molar-refractivity contribution in [3.05, 3.63) is 59.3 Å². The first-order valence-electron chi connectivity index (χ1n) is 7.51. The lowest BCUT2D eigenvalue weighted by atomic mass is 10.0. The van der Waals surface area contributed by atoms with Crippen molar-refractivity contribution in [1.82, 2.24) is 15.0 Å². The summed E-state index contributed by atoms with van der Waals surface area (Å²) in [6, 6.07) is 14.1. The van der Waals surface area contributed by atoms with E-state index in [0.29, 0.717) is 6.54 Å². The summed E-state index contributed by atoms with van der Waals surface area (Å²) in [5, 5.41) is 8.55. The molecule has 3 rings (SSSR count). The Bertz CT molecular complexity index is 839. The van der Waals surface area contributed by atoms with Gasteiger partial charge in [-0.2, -0.15) is 0 Å². The third kappa shape index (κ3) is 2.71. The summed E-state index contributed by atoms with van der Waals surface area (Å²) in [6.45, 7) is 4.52. The van der Waals surface area contributed by atoms with Crippen molar-refractivity contribution in [3.8, 4) is 22.7 Å². The van der Waals surface area contributed by atoms with Gasteiger partial charge in [-0.3, -0.25) is 0 Å². The monoisotopic (exact) mass is 308 g/mol. The number of methoxy groups -OCH3 is 1. The van der Waals surface area contributed by atoms with Crippen molar-refractivity contribution < 1.29 is 4.74 Å². The van der Waals surface area contributed by atoms with Crippen LogP contribution in [0.5, 0.6) is 5.75 Å². The van der Waals surface area contributed by atoms with Crippen molar-refractivity contribution >= 4 is 0 Å². The standard InChI is InChI=1S/C18H20N4O/c1-12-8-9-14(10-13(12)2)18-15(11-19)20-21-22(18)16-6-4-5-7-17(16)23-3/h4-10H,11,19H2,1-3H3. The summed E-state index contributed by atoms with van der Waals surface area (Å²) in [6.07, 6.45) is 0. The van der Waals surface area contributed by atoms with Gasteiger partial charge in [-0.1, -0.05) is 29.5 Å². The lowest BCUT2D eigenvalue weighted by Gasteiger charge is -2.12. The smallest absolute Gasteiger partial charge is 0.144 e. The quantitative estimate of drug-likeness (QED) is 0.804. The third-order valence-corrected chi connectivity index (χ3v) is 4.03. The molecular weight excluding hydrogens is 288 g/mol. The molecule has 1 aromatic heterocycles. The number of rotatable bonds is 4. The topological polar surface area (TPSA) is 66.0 Å². The van der Waals surface area contributed by atoms with E-state index in [1.54, 1.807) is 11.8 Å². The van der Waals surface area contributed by atoms with Crippen LogP contribution >= 0.6 is 0 Å². The molecule has 5 heteroatoms. The first kappa shape index (κ1) is 15.2. The Labute approximate surface area is 135 Å². The molecule has 2 aromatic carbocycles. The zero-order chi connectivity index (χ0) is 16.4. The largest absolute Gasteiger partial charge is 0.494 e. The van der Waals surface area contributed by atoms with Gasteiger partial charge in [0.05, 0.1) is 12.8 Å². The van der Waals surface area contributed by atoms with Crippen LogP contribution in [0.15, 0.2) is 42.5 Å². The summed E-state index contributed by atoms with van der Waals surface area (Å²) >= 11 is 0. The Hall–Kier alpha value is -2.66. The van der Waals surface area contributed by atoms with Crippen LogP contribution < -0.4 is 10.5 Å². The second-order valence-corrected chi connectivity index (χ2v) is 5.47. The highest BCUT2D eigenvalue weighted by Crippen LogP contribution is 2.30. The van der Waals surface area contributed by atoms with E-state index in [2.05, 4.69) is 42.4 Å². The zero-order valence-corrected chi connectivity index (χ0v) is 13.6. The van der Waals surface area contributed by atoms with E-state index >= 15 is 0 Å². The summed E-state index contributed by atoms with van der Waals surface area (Å²) in [4.78, 5) is 0. The highest BCUT2D eigenvalue weighted by Gasteiger charge is 2.18. The molecule has 0 saturated heterocycles. The number of benzene rings is 2. The number of hydrogen-bond donors (Lipinski definition) is 1. The number of nitrogens with two attached hydrogens (primary N) is 1. The van der Waals surface area contributed by atoms with Crippen molar-refractivity contribution in [2.75, 3.05) is 7.11 Å². The van der Waals surface area contributed by atoms with Gasteiger partial charge < -0.3 is 10.5 Å². The Morgan fingerprint density at radius 2 is 1.87 bits per heavy atom. The molecule has 118 valence electrons. The van der Waals surface area contributed by atoms with Gasteiger partial charge in [0.2, 0.25) is 0 Å². The molecule has 3 aromatic rings. The van der Waals surface area contributed by atoms with Crippen LogP contribution in [0, 0.1) is 13.8 Å². The molecule has 5 nitrogen and oxygen atoms in total. The van der Waals surface area contributed by atoms with Crippen LogP contribution in [0.25, 0.3) is 16.9 Å². The van der Waals surface area contributed by atoms with Crippen LogP contribution in [0.4, 0.5) is 0 Å². The molecule has 0 saturated carbocycles. The molecular formula is C18H20N4O. The molecule has 0 aliphatic rings. The second kappa shape index (κ2) is 6.22. The maximum atomic E-state index is 5.87. The average molecular weight is 308 g/mol. The molecule has 0 atom stereocenters. The van der Waals surface area contributed by atoms with Crippen molar-refractivity contribution in [2.45, 2.75) is 20.4 Å². The Balaban J connectivity index is 2.24. The van der Waals surface area contributed by atoms with Gasteiger partial charge in [-0.05, 0) is 43.2 Å². The Morgan fingerprint density at radius 3 is 2.57 bits per heavy atom. The SMILES string of the molecule is COc1ccccc1-n1nnc(CN)c1-c1ccc(C)c(C)c1. The van der Waals surface area contributed by atoms with Gasteiger partial charge in [0.15, 0.2) is 0 Å². The third-order valence-electron chi connectivity index (χ3n) is 4.03. The number of para-hydroxylation sites is 2. The normalized spacial score (nSPS) is 10.8. The average Bonchev–Trinajstić information content (AvgIpc) is 3.01. The van der Waals surface area contributed by atoms with Crippen LogP contribution in [0.3, 0.4) is 0 Å². The molecule has 2 N–H and O–H groups in total. The number of nitrogens with zero attached hydrogens (tertiary/aromatic N) is 3. The maximum absolute atomic E-state index is 5.87. The van der Waals surface area contributed by atoms with Gasteiger partial charge in [0, 0.05) is 12.1 Å². The van der Waals surface area contributed by atoms with Crippen LogP contribution in [-0.4, -0.2) is 22.1 Å². The van der Waals surface area contributed by atoms with Crippen molar-refractivity contribution in [3.63, 3.8) is 0 Å². The molecule has 23 heavy (non-hydrogen) atoms. The Kier molecular flexibility index (Phi) is 4.12. The number of hydrogen-bond acceptors (Lipinski definition) is 4. The minimum Gasteiger partial charge on any atom is -0.494 e. The summed E-state index contributed by atoms with van der Waals surface area (Å²) in [5.41, 5.74) is 11.9. The molecule has 0 unspecified atom stereocenters. The fourth-order valence-electron chi connectivity index (χ4n) is 2.60. The molecule has 0 bridgehead atoms. The highest BCUT2D eigenvalue weighted by molar-refractivity contribution is 5.67. The van der Waals surface area contributed by atoms with E-state index < -0.39 is 0 Å². The number of aromatic nitrogens is 3. The van der Waals surface area contributed by atoms with E-state index in [9.17, 15) is 0 Å². The molecule has 1 heterocycles. The highest BCUT2D eigenvalue weighted by atomic mass is 16.5. The lowest BCUT2D eigenvalue weighted by Crippen LogP contribution is -2.04. The molecule has 0 aliphatic carbocycles. The van der Waals surface area contributed by atoms with Crippen molar-refractivity contribution in [2.24, 2.45) is 5.73 Å². The number of aryl methyl sites for hydroxylation is 2.